The number of carbonyl (C=O) groups excluding carboxylic acids is 2. The normalized spacial score (nSPS) is 21.8. The third-order valence-corrected chi connectivity index (χ3v) is 5.85. The zero-order valence-electron chi connectivity index (χ0n) is 16.2. The van der Waals surface area contributed by atoms with Gasteiger partial charge in [-0.1, -0.05) is 29.8 Å². The van der Waals surface area contributed by atoms with Crippen LogP contribution in [0.4, 0.5) is 4.79 Å². The SMILES string of the molecule is CC1(c2ccc3c(c2)CCC3)NC(=O)N(CC(O)COc2ccc(Cl)cc2)C1=O. The smallest absolute Gasteiger partial charge is 0.325 e. The number of rotatable bonds is 6. The minimum Gasteiger partial charge on any atom is -0.491 e. The van der Waals surface area contributed by atoms with Crippen molar-refractivity contribution in [2.45, 2.75) is 37.8 Å². The minimum atomic E-state index is -1.13. The largest absolute Gasteiger partial charge is 0.491 e. The van der Waals surface area contributed by atoms with E-state index in [1.54, 1.807) is 31.2 Å². The standard InChI is InChI=1S/C22H23ClN2O4/c1-22(16-6-5-14-3-2-4-15(14)11-16)20(27)25(21(28)24-22)12-18(26)13-29-19-9-7-17(23)8-10-19/h5-11,18,26H,2-4,12-13H2,1H3,(H,24,28). The maximum Gasteiger partial charge on any atom is 0.325 e. The first-order valence-electron chi connectivity index (χ1n) is 9.69. The van der Waals surface area contributed by atoms with E-state index in [1.165, 1.54) is 11.1 Å². The van der Waals surface area contributed by atoms with Crippen LogP contribution in [-0.2, 0) is 23.2 Å². The lowest BCUT2D eigenvalue weighted by molar-refractivity contribution is -0.132. The molecule has 1 saturated heterocycles. The topological polar surface area (TPSA) is 78.9 Å². The maximum atomic E-state index is 13.1. The summed E-state index contributed by atoms with van der Waals surface area (Å²) in [6.07, 6.45) is 2.15. The number of aliphatic hydroxyl groups is 1. The number of hydrogen-bond acceptors (Lipinski definition) is 4. The predicted molar refractivity (Wildman–Crippen MR) is 109 cm³/mol. The van der Waals surface area contributed by atoms with Gasteiger partial charge in [0, 0.05) is 5.02 Å². The van der Waals surface area contributed by atoms with Crippen LogP contribution in [0.2, 0.25) is 5.02 Å². The van der Waals surface area contributed by atoms with Crippen molar-refractivity contribution in [2.75, 3.05) is 13.2 Å². The number of aryl methyl sites for hydroxylation is 2. The van der Waals surface area contributed by atoms with Gasteiger partial charge in [-0.05, 0) is 67.1 Å². The van der Waals surface area contributed by atoms with Gasteiger partial charge in [-0.15, -0.1) is 0 Å². The molecule has 1 heterocycles. The van der Waals surface area contributed by atoms with Gasteiger partial charge in [0.1, 0.15) is 24.0 Å². The van der Waals surface area contributed by atoms with E-state index in [1.807, 2.05) is 18.2 Å². The highest BCUT2D eigenvalue weighted by atomic mass is 35.5. The fourth-order valence-electron chi connectivity index (χ4n) is 3.93. The first-order valence-corrected chi connectivity index (χ1v) is 10.1. The molecule has 2 aromatic carbocycles. The van der Waals surface area contributed by atoms with E-state index in [4.69, 9.17) is 16.3 Å². The number of benzene rings is 2. The van der Waals surface area contributed by atoms with Crippen LogP contribution < -0.4 is 10.1 Å². The highest BCUT2D eigenvalue weighted by molar-refractivity contribution is 6.30. The predicted octanol–water partition coefficient (Wildman–Crippen LogP) is 3.04. The number of imide groups is 1. The van der Waals surface area contributed by atoms with Crippen LogP contribution in [0.25, 0.3) is 0 Å². The number of carbonyl (C=O) groups is 2. The average Bonchev–Trinajstić information content (AvgIpc) is 3.26. The molecule has 0 aromatic heterocycles. The number of nitrogens with one attached hydrogen (secondary N) is 1. The number of urea groups is 1. The lowest BCUT2D eigenvalue weighted by atomic mass is 9.89. The van der Waals surface area contributed by atoms with E-state index < -0.39 is 17.7 Å². The molecule has 2 unspecified atom stereocenters. The Morgan fingerprint density at radius 1 is 1.17 bits per heavy atom. The van der Waals surface area contributed by atoms with Crippen molar-refractivity contribution in [2.24, 2.45) is 0 Å². The minimum absolute atomic E-state index is 0.0474. The van der Waals surface area contributed by atoms with Crippen LogP contribution in [0, 0.1) is 0 Å². The number of aliphatic hydroxyl groups excluding tert-OH is 1. The second-order valence-electron chi connectivity index (χ2n) is 7.73. The van der Waals surface area contributed by atoms with Gasteiger partial charge in [-0.25, -0.2) is 4.79 Å². The van der Waals surface area contributed by atoms with Crippen molar-refractivity contribution < 1.29 is 19.4 Å². The summed E-state index contributed by atoms with van der Waals surface area (Å²) in [7, 11) is 0. The number of hydrogen-bond donors (Lipinski definition) is 2. The Hall–Kier alpha value is -2.57. The molecule has 7 heteroatoms. The van der Waals surface area contributed by atoms with Gasteiger partial charge in [0.05, 0.1) is 6.54 Å². The highest BCUT2D eigenvalue weighted by Crippen LogP contribution is 2.32. The monoisotopic (exact) mass is 414 g/mol. The van der Waals surface area contributed by atoms with Gasteiger partial charge in [-0.3, -0.25) is 9.69 Å². The van der Waals surface area contributed by atoms with E-state index in [0.29, 0.717) is 10.8 Å². The van der Waals surface area contributed by atoms with Crippen LogP contribution >= 0.6 is 11.6 Å². The lowest BCUT2D eigenvalue weighted by Gasteiger charge is -2.24. The van der Waals surface area contributed by atoms with Crippen LogP contribution in [0.3, 0.4) is 0 Å². The Bertz CT molecular complexity index is 946. The van der Waals surface area contributed by atoms with Gasteiger partial charge in [0.15, 0.2) is 0 Å². The van der Waals surface area contributed by atoms with Crippen LogP contribution in [0.15, 0.2) is 42.5 Å². The molecule has 3 amide bonds. The van der Waals surface area contributed by atoms with E-state index in [2.05, 4.69) is 5.32 Å². The van der Waals surface area contributed by atoms with Gasteiger partial charge in [-0.2, -0.15) is 0 Å². The molecule has 2 aliphatic rings. The Morgan fingerprint density at radius 2 is 1.90 bits per heavy atom. The molecule has 6 nitrogen and oxygen atoms in total. The summed E-state index contributed by atoms with van der Waals surface area (Å²) < 4.78 is 5.51. The van der Waals surface area contributed by atoms with E-state index >= 15 is 0 Å². The molecule has 29 heavy (non-hydrogen) atoms. The van der Waals surface area contributed by atoms with Crippen LogP contribution in [0.1, 0.15) is 30.0 Å². The second-order valence-corrected chi connectivity index (χ2v) is 8.16. The van der Waals surface area contributed by atoms with E-state index in [-0.39, 0.29) is 19.1 Å². The Labute approximate surface area is 174 Å². The molecule has 0 saturated carbocycles. The molecule has 2 aromatic rings. The summed E-state index contributed by atoms with van der Waals surface area (Å²) in [5, 5.41) is 13.7. The van der Waals surface area contributed by atoms with E-state index in [9.17, 15) is 14.7 Å². The van der Waals surface area contributed by atoms with Gasteiger partial charge >= 0.3 is 6.03 Å². The van der Waals surface area contributed by atoms with Crippen molar-refractivity contribution in [3.63, 3.8) is 0 Å². The first-order chi connectivity index (χ1) is 13.9. The summed E-state index contributed by atoms with van der Waals surface area (Å²) in [4.78, 5) is 26.6. The third kappa shape index (κ3) is 3.82. The molecule has 0 spiro atoms. The summed E-state index contributed by atoms with van der Waals surface area (Å²) in [6.45, 7) is 1.52. The van der Waals surface area contributed by atoms with Crippen molar-refractivity contribution in [3.8, 4) is 5.75 Å². The lowest BCUT2D eigenvalue weighted by Crippen LogP contribution is -2.42. The molecule has 152 valence electrons. The van der Waals surface area contributed by atoms with Crippen molar-refractivity contribution in [1.82, 2.24) is 10.2 Å². The van der Waals surface area contributed by atoms with Gasteiger partial charge in [0.25, 0.3) is 5.91 Å². The molecule has 0 radical (unpaired) electrons. The second kappa shape index (κ2) is 7.69. The quantitative estimate of drug-likeness (QED) is 0.712. The maximum absolute atomic E-state index is 13.1. The molecule has 2 atom stereocenters. The number of ether oxygens (including phenoxy) is 1. The fraction of sp³-hybridized carbons (Fsp3) is 0.364. The number of halogens is 1. The summed E-state index contributed by atoms with van der Waals surface area (Å²) in [5.41, 5.74) is 2.18. The average molecular weight is 415 g/mol. The number of fused-ring (bicyclic) bond motifs is 1. The molecule has 0 bridgehead atoms. The van der Waals surface area contributed by atoms with Crippen LogP contribution in [-0.4, -0.2) is 41.2 Å². The zero-order valence-corrected chi connectivity index (χ0v) is 16.9. The molecular weight excluding hydrogens is 392 g/mol. The van der Waals surface area contributed by atoms with Crippen molar-refractivity contribution >= 4 is 23.5 Å². The van der Waals surface area contributed by atoms with Crippen molar-refractivity contribution in [3.05, 3.63) is 64.2 Å². The van der Waals surface area contributed by atoms with Crippen molar-refractivity contribution in [1.29, 1.82) is 0 Å². The Kier molecular flexibility index (Phi) is 5.23. The molecule has 4 rings (SSSR count). The summed E-state index contributed by atoms with van der Waals surface area (Å²) >= 11 is 5.83. The molecule has 2 N–H and O–H groups in total. The highest BCUT2D eigenvalue weighted by Gasteiger charge is 2.49. The van der Waals surface area contributed by atoms with Gasteiger partial charge in [0.2, 0.25) is 0 Å². The number of nitrogens with zero attached hydrogens (tertiary/aromatic N) is 1. The van der Waals surface area contributed by atoms with Crippen LogP contribution in [0.5, 0.6) is 5.75 Å². The fourth-order valence-corrected chi connectivity index (χ4v) is 4.05. The molecule has 1 aliphatic heterocycles. The number of β-amino-alcohol motifs (C(OH)–C–C–N with tert-alkyl or cyclic N) is 1. The zero-order chi connectivity index (χ0) is 20.6. The third-order valence-electron chi connectivity index (χ3n) is 5.60. The molecular formula is C22H23ClN2O4. The molecule has 1 aliphatic carbocycles. The first kappa shape index (κ1) is 19.7. The van der Waals surface area contributed by atoms with E-state index in [0.717, 1.165) is 29.7 Å². The number of amides is 3. The van der Waals surface area contributed by atoms with Gasteiger partial charge < -0.3 is 15.2 Å². The Morgan fingerprint density at radius 3 is 2.66 bits per heavy atom. The molecule has 1 fully saturated rings. The summed E-state index contributed by atoms with van der Waals surface area (Å²) in [6, 6.07) is 12.2. The summed E-state index contributed by atoms with van der Waals surface area (Å²) in [5.74, 6) is 0.180. The Balaban J connectivity index is 1.43.